The van der Waals surface area contributed by atoms with Gasteiger partial charge in [0.1, 0.15) is 5.75 Å². The lowest BCUT2D eigenvalue weighted by atomic mass is 9.98. The number of carbonyl (C=O) groups excluding carboxylic acids is 2. The fourth-order valence-corrected chi connectivity index (χ4v) is 2.57. The number of anilines is 1. The molecule has 1 aromatic carbocycles. The molecule has 0 saturated carbocycles. The van der Waals surface area contributed by atoms with Gasteiger partial charge in [0, 0.05) is 30.6 Å². The zero-order chi connectivity index (χ0) is 15.5. The van der Waals surface area contributed by atoms with Gasteiger partial charge in [-0.05, 0) is 18.6 Å². The van der Waals surface area contributed by atoms with Gasteiger partial charge in [0.15, 0.2) is 0 Å². The van der Waals surface area contributed by atoms with Gasteiger partial charge in [0.2, 0.25) is 11.8 Å². The molecule has 0 spiro atoms. The van der Waals surface area contributed by atoms with E-state index >= 15 is 0 Å². The van der Waals surface area contributed by atoms with Crippen molar-refractivity contribution in [2.45, 2.75) is 12.8 Å². The van der Waals surface area contributed by atoms with Crippen LogP contribution in [-0.2, 0) is 9.59 Å². The van der Waals surface area contributed by atoms with Crippen LogP contribution in [0, 0.1) is 5.92 Å². The Hall–Kier alpha value is -2.63. The van der Waals surface area contributed by atoms with Crippen LogP contribution in [0.1, 0.15) is 12.8 Å². The van der Waals surface area contributed by atoms with E-state index < -0.39 is 0 Å². The molecule has 0 radical (unpaired) electrons. The first-order valence-electron chi connectivity index (χ1n) is 7.17. The van der Waals surface area contributed by atoms with Crippen molar-refractivity contribution in [2.75, 3.05) is 19.0 Å². The summed E-state index contributed by atoms with van der Waals surface area (Å²) in [6.07, 6.45) is 2.63. The second-order valence-corrected chi connectivity index (χ2v) is 5.28. The molecule has 3 rings (SSSR count). The van der Waals surface area contributed by atoms with Gasteiger partial charge in [0.25, 0.3) is 0 Å². The number of amides is 2. The van der Waals surface area contributed by atoms with Crippen LogP contribution in [0.2, 0.25) is 0 Å². The molecule has 6 nitrogen and oxygen atoms in total. The zero-order valence-electron chi connectivity index (χ0n) is 12.3. The number of nitrogens with one attached hydrogen (secondary N) is 2. The van der Waals surface area contributed by atoms with Gasteiger partial charge in [-0.15, -0.1) is 0 Å². The summed E-state index contributed by atoms with van der Waals surface area (Å²) < 4.78 is 5.27. The molecule has 6 heteroatoms. The van der Waals surface area contributed by atoms with E-state index in [9.17, 15) is 9.59 Å². The van der Waals surface area contributed by atoms with E-state index in [1.165, 1.54) is 0 Å². The predicted octanol–water partition coefficient (Wildman–Crippen LogP) is 1.71. The topological polar surface area (TPSA) is 80.3 Å². The van der Waals surface area contributed by atoms with Gasteiger partial charge in [-0.25, -0.2) is 0 Å². The summed E-state index contributed by atoms with van der Waals surface area (Å²) >= 11 is 0. The van der Waals surface area contributed by atoms with Gasteiger partial charge < -0.3 is 15.4 Å². The van der Waals surface area contributed by atoms with E-state index in [0.29, 0.717) is 30.8 Å². The fraction of sp³-hybridized carbons (Fsp3) is 0.312. The van der Waals surface area contributed by atoms with E-state index in [0.717, 1.165) is 10.9 Å². The van der Waals surface area contributed by atoms with Crippen molar-refractivity contribution >= 4 is 28.4 Å². The van der Waals surface area contributed by atoms with E-state index in [2.05, 4.69) is 15.6 Å². The lowest BCUT2D eigenvalue weighted by molar-refractivity contribution is -0.126. The first-order chi connectivity index (χ1) is 10.7. The number of benzene rings is 1. The molecular formula is C16H17N3O3. The SMILES string of the molecule is COc1cc(NC(=O)C2CCC(=O)NC2)c2ncccc2c1. The number of methoxy groups -OCH3 is 1. The molecule has 2 aromatic rings. The number of piperidine rings is 1. The highest BCUT2D eigenvalue weighted by Crippen LogP contribution is 2.28. The molecule has 22 heavy (non-hydrogen) atoms. The third kappa shape index (κ3) is 2.86. The number of nitrogens with zero attached hydrogens (tertiary/aromatic N) is 1. The molecule has 1 aliphatic heterocycles. The number of hydrogen-bond donors (Lipinski definition) is 2. The number of carbonyl (C=O) groups is 2. The molecule has 2 heterocycles. The van der Waals surface area contributed by atoms with Crippen LogP contribution in [0.15, 0.2) is 30.5 Å². The maximum Gasteiger partial charge on any atom is 0.229 e. The van der Waals surface area contributed by atoms with Crippen LogP contribution in [-0.4, -0.2) is 30.5 Å². The van der Waals surface area contributed by atoms with Crippen molar-refractivity contribution in [1.29, 1.82) is 0 Å². The first kappa shape index (κ1) is 14.3. The summed E-state index contributed by atoms with van der Waals surface area (Å²) in [4.78, 5) is 27.9. The smallest absolute Gasteiger partial charge is 0.229 e. The summed E-state index contributed by atoms with van der Waals surface area (Å²) in [7, 11) is 1.58. The average Bonchev–Trinajstić information content (AvgIpc) is 2.55. The maximum absolute atomic E-state index is 12.4. The summed E-state index contributed by atoms with van der Waals surface area (Å²) in [5.41, 5.74) is 1.34. The highest BCUT2D eigenvalue weighted by atomic mass is 16.5. The molecule has 0 bridgehead atoms. The van der Waals surface area contributed by atoms with Crippen LogP contribution in [0.25, 0.3) is 10.9 Å². The Labute approximate surface area is 127 Å². The number of fused-ring (bicyclic) bond motifs is 1. The van der Waals surface area contributed by atoms with Crippen LogP contribution in [0.5, 0.6) is 5.75 Å². The van der Waals surface area contributed by atoms with Crippen molar-refractivity contribution in [2.24, 2.45) is 5.92 Å². The van der Waals surface area contributed by atoms with Gasteiger partial charge in [0.05, 0.1) is 24.2 Å². The predicted molar refractivity (Wildman–Crippen MR) is 82.7 cm³/mol. The molecule has 2 N–H and O–H groups in total. The highest BCUT2D eigenvalue weighted by molar-refractivity contribution is 6.02. The van der Waals surface area contributed by atoms with Gasteiger partial charge in [-0.3, -0.25) is 14.6 Å². The summed E-state index contributed by atoms with van der Waals surface area (Å²) in [6.45, 7) is 0.375. The zero-order valence-corrected chi connectivity index (χ0v) is 12.3. The molecule has 2 amide bonds. The summed E-state index contributed by atoms with van der Waals surface area (Å²) in [5.74, 6) is 0.327. The van der Waals surface area contributed by atoms with E-state index in [1.807, 2.05) is 18.2 Å². The van der Waals surface area contributed by atoms with Crippen molar-refractivity contribution in [3.8, 4) is 5.75 Å². The highest BCUT2D eigenvalue weighted by Gasteiger charge is 2.25. The minimum absolute atomic E-state index is 0.00227. The molecule has 1 aromatic heterocycles. The minimum Gasteiger partial charge on any atom is -0.497 e. The fourth-order valence-electron chi connectivity index (χ4n) is 2.57. The van der Waals surface area contributed by atoms with E-state index in [1.54, 1.807) is 19.4 Å². The van der Waals surface area contributed by atoms with Crippen LogP contribution in [0.4, 0.5) is 5.69 Å². The number of pyridine rings is 1. The van der Waals surface area contributed by atoms with Gasteiger partial charge >= 0.3 is 0 Å². The Morgan fingerprint density at radius 3 is 3.05 bits per heavy atom. The van der Waals surface area contributed by atoms with Crippen molar-refractivity contribution in [1.82, 2.24) is 10.3 Å². The van der Waals surface area contributed by atoms with E-state index in [4.69, 9.17) is 4.74 Å². The largest absolute Gasteiger partial charge is 0.497 e. The molecule has 1 aliphatic rings. The monoisotopic (exact) mass is 299 g/mol. The average molecular weight is 299 g/mol. The lowest BCUT2D eigenvalue weighted by Gasteiger charge is -2.22. The summed E-state index contributed by atoms with van der Waals surface area (Å²) in [6, 6.07) is 7.39. The number of aromatic nitrogens is 1. The number of ether oxygens (including phenoxy) is 1. The minimum atomic E-state index is -0.220. The Balaban J connectivity index is 1.86. The second kappa shape index (κ2) is 6.01. The van der Waals surface area contributed by atoms with Crippen molar-refractivity contribution in [3.05, 3.63) is 30.5 Å². The normalized spacial score (nSPS) is 17.9. The third-order valence-corrected chi connectivity index (χ3v) is 3.81. The molecule has 1 fully saturated rings. The lowest BCUT2D eigenvalue weighted by Crippen LogP contribution is -2.40. The quantitative estimate of drug-likeness (QED) is 0.904. The molecule has 1 saturated heterocycles. The van der Waals surface area contributed by atoms with Crippen molar-refractivity contribution < 1.29 is 14.3 Å². The Morgan fingerprint density at radius 2 is 2.32 bits per heavy atom. The van der Waals surface area contributed by atoms with E-state index in [-0.39, 0.29) is 17.7 Å². The van der Waals surface area contributed by atoms with Crippen LogP contribution >= 0.6 is 0 Å². The maximum atomic E-state index is 12.4. The molecule has 1 unspecified atom stereocenters. The first-order valence-corrected chi connectivity index (χ1v) is 7.17. The third-order valence-electron chi connectivity index (χ3n) is 3.81. The molecular weight excluding hydrogens is 282 g/mol. The Morgan fingerprint density at radius 1 is 1.45 bits per heavy atom. The number of rotatable bonds is 3. The van der Waals surface area contributed by atoms with Gasteiger partial charge in [-0.1, -0.05) is 6.07 Å². The molecule has 0 aliphatic carbocycles. The second-order valence-electron chi connectivity index (χ2n) is 5.28. The van der Waals surface area contributed by atoms with Crippen LogP contribution < -0.4 is 15.4 Å². The Kier molecular flexibility index (Phi) is 3.91. The standard InChI is InChI=1S/C16H17N3O3/c1-22-12-7-10-3-2-6-17-15(10)13(8-12)19-16(21)11-4-5-14(20)18-9-11/h2-3,6-8,11H,4-5,9H2,1H3,(H,18,20)(H,19,21). The van der Waals surface area contributed by atoms with Crippen molar-refractivity contribution in [3.63, 3.8) is 0 Å². The Bertz CT molecular complexity index is 720. The van der Waals surface area contributed by atoms with Crippen LogP contribution in [0.3, 0.4) is 0 Å². The number of hydrogen-bond acceptors (Lipinski definition) is 4. The molecule has 1 atom stereocenters. The molecule has 114 valence electrons. The summed E-state index contributed by atoms with van der Waals surface area (Å²) in [5, 5.41) is 6.53. The van der Waals surface area contributed by atoms with Gasteiger partial charge in [-0.2, -0.15) is 0 Å².